The van der Waals surface area contributed by atoms with Gasteiger partial charge in [0.15, 0.2) is 0 Å². The van der Waals surface area contributed by atoms with Crippen LogP contribution >= 0.6 is 0 Å². The standard InChI is InChI=1S/C5H10.C5H12.C4H10.C4H8.C3H8/c1-5(2)3-4-5;1-5(2,3)4;2*1-4(2)3;1-3-2/h3-4H2,1-2H3;1-4H3;4H,1-3H3;1H2,2-3H3;3H2,1-2H3. The van der Waals surface area contributed by atoms with Crippen molar-refractivity contribution in [2.45, 2.75) is 109 Å². The molecule has 0 amide bonds. The SMILES string of the molecule is C=C(C)C.CC(C)(C)C.CC(C)C.CC1(C)CC1.CCC. The van der Waals surface area contributed by atoms with Crippen molar-refractivity contribution in [1.29, 1.82) is 0 Å². The number of hydrogen-bond acceptors (Lipinski definition) is 0. The van der Waals surface area contributed by atoms with Gasteiger partial charge in [-0.2, -0.15) is 0 Å². The number of allylic oxidation sites excluding steroid dienone is 1. The summed E-state index contributed by atoms with van der Waals surface area (Å²) >= 11 is 0. The third-order valence-corrected chi connectivity index (χ3v) is 1.25. The molecule has 0 unspecified atom stereocenters. The Bertz CT molecular complexity index is 178. The monoisotopic (exact) mass is 300 g/mol. The summed E-state index contributed by atoms with van der Waals surface area (Å²) in [6.07, 6.45) is 4.15. The molecule has 0 heterocycles. The smallest absolute Gasteiger partial charge is 0.0354 e. The summed E-state index contributed by atoms with van der Waals surface area (Å²) in [5, 5.41) is 0. The summed E-state index contributed by atoms with van der Waals surface area (Å²) in [5.74, 6) is 0.833. The molecule has 0 heteroatoms. The van der Waals surface area contributed by atoms with Gasteiger partial charge in [0.25, 0.3) is 0 Å². The molecule has 0 atom stereocenters. The summed E-state index contributed by atoms with van der Waals surface area (Å²) in [6, 6.07) is 0. The highest BCUT2D eigenvalue weighted by Crippen LogP contribution is 2.43. The van der Waals surface area contributed by atoms with E-state index in [0.717, 1.165) is 11.3 Å². The fraction of sp³-hybridized carbons (Fsp3) is 0.905. The molecule has 0 spiro atoms. The predicted molar refractivity (Wildman–Crippen MR) is 105 cm³/mol. The van der Waals surface area contributed by atoms with Gasteiger partial charge in [-0.3, -0.25) is 0 Å². The second-order valence-corrected chi connectivity index (χ2v) is 9.31. The van der Waals surface area contributed by atoms with Crippen LogP contribution in [0.15, 0.2) is 12.2 Å². The van der Waals surface area contributed by atoms with Crippen LogP contribution in [0.1, 0.15) is 109 Å². The molecular formula is C21H48. The highest BCUT2D eigenvalue weighted by atomic mass is 14.4. The summed E-state index contributed by atoms with van der Waals surface area (Å²) < 4.78 is 0. The van der Waals surface area contributed by atoms with Crippen LogP contribution in [0.3, 0.4) is 0 Å². The van der Waals surface area contributed by atoms with Gasteiger partial charge >= 0.3 is 0 Å². The quantitative estimate of drug-likeness (QED) is 0.393. The van der Waals surface area contributed by atoms with E-state index in [-0.39, 0.29) is 0 Å². The minimum atomic E-state index is 0.500. The topological polar surface area (TPSA) is 0 Å². The number of rotatable bonds is 0. The van der Waals surface area contributed by atoms with Crippen molar-refractivity contribution in [2.75, 3.05) is 0 Å². The molecule has 0 saturated heterocycles. The highest BCUT2D eigenvalue weighted by molar-refractivity contribution is 4.82. The van der Waals surface area contributed by atoms with Crippen LogP contribution in [0.25, 0.3) is 0 Å². The van der Waals surface area contributed by atoms with Gasteiger partial charge in [-0.25, -0.2) is 0 Å². The zero-order valence-electron chi connectivity index (χ0n) is 17.9. The first-order chi connectivity index (χ1) is 9.09. The molecule has 0 aromatic carbocycles. The van der Waals surface area contributed by atoms with Crippen LogP contribution in [0.4, 0.5) is 0 Å². The van der Waals surface area contributed by atoms with Gasteiger partial charge in [-0.15, -0.1) is 6.58 Å². The minimum absolute atomic E-state index is 0.500. The van der Waals surface area contributed by atoms with E-state index in [2.05, 4.69) is 82.7 Å². The molecular weight excluding hydrogens is 252 g/mol. The Hall–Kier alpha value is -0.260. The molecule has 0 aromatic rings. The Morgan fingerprint density at radius 1 is 0.952 bits per heavy atom. The predicted octanol–water partition coefficient (Wildman–Crippen LogP) is 8.52. The lowest BCUT2D eigenvalue weighted by molar-refractivity contribution is 0.469. The maximum Gasteiger partial charge on any atom is -0.0354 e. The van der Waals surface area contributed by atoms with Crippen molar-refractivity contribution in [3.8, 4) is 0 Å². The Morgan fingerprint density at radius 3 is 1.00 bits per heavy atom. The van der Waals surface area contributed by atoms with Crippen molar-refractivity contribution in [3.63, 3.8) is 0 Å². The van der Waals surface area contributed by atoms with E-state index < -0.39 is 0 Å². The van der Waals surface area contributed by atoms with Crippen molar-refractivity contribution in [1.82, 2.24) is 0 Å². The van der Waals surface area contributed by atoms with Crippen molar-refractivity contribution in [3.05, 3.63) is 12.2 Å². The van der Waals surface area contributed by atoms with Crippen LogP contribution in [-0.2, 0) is 0 Å². The second kappa shape index (κ2) is 16.1. The molecule has 0 aliphatic heterocycles. The van der Waals surface area contributed by atoms with Gasteiger partial charge < -0.3 is 0 Å². The minimum Gasteiger partial charge on any atom is -0.100 e. The van der Waals surface area contributed by atoms with Gasteiger partial charge in [0.05, 0.1) is 0 Å². The lowest BCUT2D eigenvalue weighted by Crippen LogP contribution is -1.93. The van der Waals surface area contributed by atoms with E-state index in [1.165, 1.54) is 24.8 Å². The van der Waals surface area contributed by atoms with Crippen LogP contribution in [0.5, 0.6) is 0 Å². The van der Waals surface area contributed by atoms with Crippen LogP contribution < -0.4 is 0 Å². The highest BCUT2D eigenvalue weighted by Gasteiger charge is 2.30. The van der Waals surface area contributed by atoms with Crippen LogP contribution in [-0.4, -0.2) is 0 Å². The van der Waals surface area contributed by atoms with E-state index in [0.29, 0.717) is 5.41 Å². The van der Waals surface area contributed by atoms with Crippen molar-refractivity contribution in [2.24, 2.45) is 16.7 Å². The number of hydrogen-bond donors (Lipinski definition) is 0. The van der Waals surface area contributed by atoms with Gasteiger partial charge in [0.1, 0.15) is 0 Å². The molecule has 1 aliphatic carbocycles. The summed E-state index contributed by atoms with van der Waals surface area (Å²) in [4.78, 5) is 0. The summed E-state index contributed by atoms with van der Waals surface area (Å²) in [5.41, 5.74) is 2.42. The molecule has 0 radical (unpaired) electrons. The first-order valence-corrected chi connectivity index (χ1v) is 8.71. The molecule has 0 N–H and O–H groups in total. The molecule has 21 heavy (non-hydrogen) atoms. The molecule has 0 nitrogen and oxygen atoms in total. The Morgan fingerprint density at radius 2 is 1.00 bits per heavy atom. The molecule has 132 valence electrons. The first-order valence-electron chi connectivity index (χ1n) is 8.71. The Labute approximate surface area is 138 Å². The fourth-order valence-corrected chi connectivity index (χ4v) is 0.250. The normalized spacial score (nSPS) is 13.8. The molecule has 1 saturated carbocycles. The summed E-state index contributed by atoms with van der Waals surface area (Å²) in [7, 11) is 0. The molecule has 1 rings (SSSR count). The average Bonchev–Trinajstić information content (AvgIpc) is 2.76. The zero-order valence-corrected chi connectivity index (χ0v) is 17.9. The molecule has 1 fully saturated rings. The van der Waals surface area contributed by atoms with E-state index in [9.17, 15) is 0 Å². The van der Waals surface area contributed by atoms with Crippen LogP contribution in [0.2, 0.25) is 0 Å². The van der Waals surface area contributed by atoms with E-state index in [1.807, 2.05) is 13.8 Å². The Kier molecular flexibility index (Phi) is 22.1. The largest absolute Gasteiger partial charge is 0.100 e. The van der Waals surface area contributed by atoms with Crippen molar-refractivity contribution >= 4 is 0 Å². The maximum absolute atomic E-state index is 3.56. The maximum atomic E-state index is 3.56. The molecule has 1 aliphatic rings. The van der Waals surface area contributed by atoms with E-state index in [1.54, 1.807) is 0 Å². The van der Waals surface area contributed by atoms with Gasteiger partial charge in [0.2, 0.25) is 0 Å². The zero-order chi connectivity index (χ0) is 18.3. The third kappa shape index (κ3) is 277. The lowest BCUT2D eigenvalue weighted by atomic mass is 10.0. The van der Waals surface area contributed by atoms with Gasteiger partial charge in [0, 0.05) is 0 Å². The van der Waals surface area contributed by atoms with Gasteiger partial charge in [-0.05, 0) is 43.4 Å². The Balaban J connectivity index is -0.0000000873. The van der Waals surface area contributed by atoms with Gasteiger partial charge in [-0.1, -0.05) is 88.2 Å². The van der Waals surface area contributed by atoms with Crippen LogP contribution in [0, 0.1) is 16.7 Å². The van der Waals surface area contributed by atoms with E-state index in [4.69, 9.17) is 0 Å². The molecule has 0 bridgehead atoms. The van der Waals surface area contributed by atoms with E-state index >= 15 is 0 Å². The second-order valence-electron chi connectivity index (χ2n) is 9.31. The summed E-state index contributed by atoms with van der Waals surface area (Å²) in [6.45, 7) is 31.6. The first kappa shape index (κ1) is 28.8. The lowest BCUT2D eigenvalue weighted by Gasteiger charge is -2.05. The average molecular weight is 301 g/mol. The molecule has 0 aromatic heterocycles. The third-order valence-electron chi connectivity index (χ3n) is 1.25. The fourth-order valence-electron chi connectivity index (χ4n) is 0.250. The van der Waals surface area contributed by atoms with Crippen molar-refractivity contribution < 1.29 is 0 Å².